The molecule has 0 bridgehead atoms. The van der Waals surface area contributed by atoms with Crippen molar-refractivity contribution in [1.82, 2.24) is 15.1 Å². The van der Waals surface area contributed by atoms with Gasteiger partial charge in [-0.2, -0.15) is 5.10 Å². The molecule has 0 spiro atoms. The molecule has 4 nitrogen and oxygen atoms in total. The molecule has 1 aromatic heterocycles. The number of hydrogen-bond acceptors (Lipinski definition) is 2. The lowest BCUT2D eigenvalue weighted by Crippen LogP contribution is -2.27. The minimum absolute atomic E-state index is 0.127. The van der Waals surface area contributed by atoms with Crippen molar-refractivity contribution in [3.05, 3.63) is 83.1 Å². The Hall–Kier alpha value is -2.59. The van der Waals surface area contributed by atoms with Crippen LogP contribution in [0.15, 0.2) is 67.0 Å². The van der Waals surface area contributed by atoms with Crippen LogP contribution in [0.3, 0.4) is 0 Å². The van der Waals surface area contributed by atoms with E-state index in [0.29, 0.717) is 17.1 Å². The lowest BCUT2D eigenvalue weighted by atomic mass is 10.0. The second-order valence-corrected chi connectivity index (χ2v) is 6.11. The minimum atomic E-state index is -0.127. The predicted molar refractivity (Wildman–Crippen MR) is 95.8 cm³/mol. The van der Waals surface area contributed by atoms with E-state index in [-0.39, 0.29) is 11.8 Å². The van der Waals surface area contributed by atoms with Gasteiger partial charge in [-0.3, -0.25) is 4.79 Å². The summed E-state index contributed by atoms with van der Waals surface area (Å²) >= 11 is 5.88. The third-order valence-electron chi connectivity index (χ3n) is 3.87. The van der Waals surface area contributed by atoms with Crippen molar-refractivity contribution in [3.8, 4) is 5.69 Å². The molecule has 3 aromatic rings. The largest absolute Gasteiger partial charge is 0.351 e. The molecular formula is C19H18ClN3O. The molecule has 3 rings (SSSR count). The van der Waals surface area contributed by atoms with Gasteiger partial charge in [0.1, 0.15) is 0 Å². The van der Waals surface area contributed by atoms with Gasteiger partial charge >= 0.3 is 0 Å². The molecule has 0 aliphatic carbocycles. The molecule has 1 N–H and O–H groups in total. The summed E-state index contributed by atoms with van der Waals surface area (Å²) < 4.78 is 1.66. The first-order chi connectivity index (χ1) is 11.6. The van der Waals surface area contributed by atoms with Gasteiger partial charge in [-0.15, -0.1) is 0 Å². The van der Waals surface area contributed by atoms with Crippen molar-refractivity contribution in [1.29, 1.82) is 0 Å². The van der Waals surface area contributed by atoms with Gasteiger partial charge in [0.15, 0.2) is 0 Å². The summed E-state index contributed by atoms with van der Waals surface area (Å²) in [6.45, 7) is 2.67. The number of amides is 1. The topological polar surface area (TPSA) is 46.9 Å². The van der Waals surface area contributed by atoms with Gasteiger partial charge in [-0.25, -0.2) is 4.68 Å². The maximum Gasteiger partial charge on any atom is 0.254 e. The quantitative estimate of drug-likeness (QED) is 0.762. The van der Waals surface area contributed by atoms with E-state index in [0.717, 1.165) is 5.69 Å². The highest BCUT2D eigenvalue weighted by Crippen LogP contribution is 2.15. The maximum atomic E-state index is 12.3. The van der Waals surface area contributed by atoms with E-state index in [1.165, 1.54) is 5.56 Å². The summed E-state index contributed by atoms with van der Waals surface area (Å²) in [6, 6.07) is 17.4. The SMILES string of the molecule is C[C@H](CNC(=O)c1cnn(-c2ccc(Cl)cc2)c1)c1ccccc1. The Balaban J connectivity index is 1.63. The van der Waals surface area contributed by atoms with Crippen molar-refractivity contribution in [2.45, 2.75) is 12.8 Å². The van der Waals surface area contributed by atoms with Crippen LogP contribution in [0.5, 0.6) is 0 Å². The first-order valence-electron chi connectivity index (χ1n) is 7.77. The number of halogens is 1. The third kappa shape index (κ3) is 3.84. The van der Waals surface area contributed by atoms with E-state index in [1.807, 2.05) is 30.3 Å². The van der Waals surface area contributed by atoms with Crippen LogP contribution in [0, 0.1) is 0 Å². The highest BCUT2D eigenvalue weighted by atomic mass is 35.5. The van der Waals surface area contributed by atoms with Crippen LogP contribution in [0.1, 0.15) is 28.8 Å². The van der Waals surface area contributed by atoms with Crippen LogP contribution in [0.25, 0.3) is 5.69 Å². The molecule has 1 heterocycles. The van der Waals surface area contributed by atoms with Gasteiger partial charge in [0.05, 0.1) is 17.4 Å². The van der Waals surface area contributed by atoms with Crippen molar-refractivity contribution in [3.63, 3.8) is 0 Å². The average molecular weight is 340 g/mol. The molecular weight excluding hydrogens is 322 g/mol. The molecule has 5 heteroatoms. The molecule has 0 fully saturated rings. The Morgan fingerprint density at radius 1 is 1.17 bits per heavy atom. The van der Waals surface area contributed by atoms with Crippen molar-refractivity contribution < 1.29 is 4.79 Å². The third-order valence-corrected chi connectivity index (χ3v) is 4.13. The monoisotopic (exact) mass is 339 g/mol. The molecule has 1 atom stereocenters. The average Bonchev–Trinajstić information content (AvgIpc) is 3.11. The van der Waals surface area contributed by atoms with Crippen LogP contribution in [-0.4, -0.2) is 22.2 Å². The van der Waals surface area contributed by atoms with E-state index >= 15 is 0 Å². The number of rotatable bonds is 5. The molecule has 0 aliphatic heterocycles. The Morgan fingerprint density at radius 3 is 2.58 bits per heavy atom. The minimum Gasteiger partial charge on any atom is -0.351 e. The lowest BCUT2D eigenvalue weighted by Gasteiger charge is -2.12. The summed E-state index contributed by atoms with van der Waals surface area (Å²) in [5.41, 5.74) is 2.59. The lowest BCUT2D eigenvalue weighted by molar-refractivity contribution is 0.0951. The van der Waals surface area contributed by atoms with E-state index < -0.39 is 0 Å². The number of hydrogen-bond donors (Lipinski definition) is 1. The number of carbonyl (C=O) groups is 1. The van der Waals surface area contributed by atoms with Crippen LogP contribution in [0.2, 0.25) is 5.02 Å². The second-order valence-electron chi connectivity index (χ2n) is 5.67. The number of nitrogens with one attached hydrogen (secondary N) is 1. The van der Waals surface area contributed by atoms with Crippen LogP contribution in [0.4, 0.5) is 0 Å². The highest BCUT2D eigenvalue weighted by Gasteiger charge is 2.11. The Morgan fingerprint density at radius 2 is 1.88 bits per heavy atom. The summed E-state index contributed by atoms with van der Waals surface area (Å²) in [4.78, 5) is 12.3. The molecule has 0 saturated carbocycles. The van der Waals surface area contributed by atoms with Gasteiger partial charge in [0.25, 0.3) is 5.91 Å². The van der Waals surface area contributed by atoms with E-state index in [4.69, 9.17) is 11.6 Å². The fraction of sp³-hybridized carbons (Fsp3) is 0.158. The predicted octanol–water partition coefficient (Wildman–Crippen LogP) is 4.06. The second kappa shape index (κ2) is 7.32. The Kier molecular flexibility index (Phi) is 4.96. The van der Waals surface area contributed by atoms with Crippen LogP contribution in [-0.2, 0) is 0 Å². The molecule has 0 saturated heterocycles. The first kappa shape index (κ1) is 16.3. The molecule has 122 valence electrons. The zero-order valence-electron chi connectivity index (χ0n) is 13.3. The molecule has 1 amide bonds. The molecule has 24 heavy (non-hydrogen) atoms. The number of nitrogens with zero attached hydrogens (tertiary/aromatic N) is 2. The van der Waals surface area contributed by atoms with Crippen LogP contribution < -0.4 is 5.32 Å². The number of carbonyl (C=O) groups excluding carboxylic acids is 1. The first-order valence-corrected chi connectivity index (χ1v) is 8.15. The van der Waals surface area contributed by atoms with Gasteiger partial charge in [0, 0.05) is 17.8 Å². The molecule has 0 unspecified atom stereocenters. The van der Waals surface area contributed by atoms with Gasteiger partial charge in [0.2, 0.25) is 0 Å². The summed E-state index contributed by atoms with van der Waals surface area (Å²) in [5.74, 6) is 0.124. The fourth-order valence-electron chi connectivity index (χ4n) is 2.42. The van der Waals surface area contributed by atoms with Crippen molar-refractivity contribution in [2.24, 2.45) is 0 Å². The molecule has 0 radical (unpaired) electrons. The Bertz CT molecular complexity index is 812. The standard InChI is InChI=1S/C19H18ClN3O/c1-14(15-5-3-2-4-6-15)11-21-19(24)16-12-22-23(13-16)18-9-7-17(20)8-10-18/h2-10,12-14H,11H2,1H3,(H,21,24)/t14-/m1/s1. The van der Waals surface area contributed by atoms with Gasteiger partial charge in [-0.1, -0.05) is 48.9 Å². The zero-order valence-corrected chi connectivity index (χ0v) is 14.1. The van der Waals surface area contributed by atoms with E-state index in [9.17, 15) is 4.79 Å². The van der Waals surface area contributed by atoms with Crippen LogP contribution >= 0.6 is 11.6 Å². The molecule has 0 aliphatic rings. The van der Waals surface area contributed by atoms with E-state index in [1.54, 1.807) is 29.2 Å². The smallest absolute Gasteiger partial charge is 0.254 e. The zero-order chi connectivity index (χ0) is 16.9. The molecule has 2 aromatic carbocycles. The number of benzene rings is 2. The highest BCUT2D eigenvalue weighted by molar-refractivity contribution is 6.30. The fourth-order valence-corrected chi connectivity index (χ4v) is 2.55. The summed E-state index contributed by atoms with van der Waals surface area (Å²) in [5, 5.41) is 7.86. The normalized spacial score (nSPS) is 11.9. The Labute approximate surface area is 146 Å². The number of aromatic nitrogens is 2. The maximum absolute atomic E-state index is 12.3. The van der Waals surface area contributed by atoms with Crippen molar-refractivity contribution in [2.75, 3.05) is 6.54 Å². The van der Waals surface area contributed by atoms with Gasteiger partial charge < -0.3 is 5.32 Å². The van der Waals surface area contributed by atoms with Gasteiger partial charge in [-0.05, 0) is 35.7 Å². The van der Waals surface area contributed by atoms with E-state index in [2.05, 4.69) is 29.5 Å². The van der Waals surface area contributed by atoms with Crippen molar-refractivity contribution >= 4 is 17.5 Å². The summed E-state index contributed by atoms with van der Waals surface area (Å²) in [6.07, 6.45) is 3.28. The summed E-state index contributed by atoms with van der Waals surface area (Å²) in [7, 11) is 0.